The van der Waals surface area contributed by atoms with Gasteiger partial charge in [0.25, 0.3) is 5.91 Å². The molecule has 1 heterocycles. The number of rotatable bonds is 4. The first-order chi connectivity index (χ1) is 10.3. The smallest absolute Gasteiger partial charge is 0.404 e. The highest BCUT2D eigenvalue weighted by Crippen LogP contribution is 2.45. The number of hydrogen-bond acceptors (Lipinski definition) is 3. The van der Waals surface area contributed by atoms with Gasteiger partial charge in [0.15, 0.2) is 5.92 Å². The predicted octanol–water partition coefficient (Wildman–Crippen LogP) is 2.95. The molecule has 7 heteroatoms. The largest absolute Gasteiger partial charge is 0.468 e. The minimum absolute atomic E-state index is 0.141. The summed E-state index contributed by atoms with van der Waals surface area (Å²) in [6.07, 6.45) is -4.32. The van der Waals surface area contributed by atoms with Crippen LogP contribution < -0.4 is 0 Å². The van der Waals surface area contributed by atoms with Gasteiger partial charge in [-0.3, -0.25) is 9.59 Å². The standard InChI is InChI=1S/C15H16F3NO3/c1-3-8-19-12(11(14(21)22-2)15(16,17)18)9-6-4-5-7-10(9)13(19)20/h4-7,11-12H,3,8H2,1-2H3. The molecular formula is C15H16F3NO3. The number of alkyl halides is 3. The SMILES string of the molecule is CCCN1C(=O)c2ccccc2C1C(C(=O)OC)C(F)(F)F. The number of benzene rings is 1. The molecule has 0 bridgehead atoms. The van der Waals surface area contributed by atoms with Crippen molar-refractivity contribution in [2.75, 3.05) is 13.7 Å². The molecule has 2 unspecified atom stereocenters. The number of methoxy groups -OCH3 is 1. The van der Waals surface area contributed by atoms with Gasteiger partial charge in [0.05, 0.1) is 13.2 Å². The molecule has 120 valence electrons. The number of fused-ring (bicyclic) bond motifs is 1. The molecule has 0 saturated heterocycles. The van der Waals surface area contributed by atoms with Crippen LogP contribution in [0.2, 0.25) is 0 Å². The van der Waals surface area contributed by atoms with Crippen molar-refractivity contribution in [2.45, 2.75) is 25.6 Å². The first-order valence-electron chi connectivity index (χ1n) is 6.87. The van der Waals surface area contributed by atoms with E-state index in [0.29, 0.717) is 6.42 Å². The van der Waals surface area contributed by atoms with E-state index in [2.05, 4.69) is 4.74 Å². The summed E-state index contributed by atoms with van der Waals surface area (Å²) in [6, 6.07) is 4.69. The van der Waals surface area contributed by atoms with Crippen LogP contribution >= 0.6 is 0 Å². The lowest BCUT2D eigenvalue weighted by atomic mass is 9.92. The highest BCUT2D eigenvalue weighted by molar-refractivity contribution is 6.00. The summed E-state index contributed by atoms with van der Waals surface area (Å²) >= 11 is 0. The molecule has 0 spiro atoms. The third kappa shape index (κ3) is 2.67. The van der Waals surface area contributed by atoms with Crippen LogP contribution in [0.4, 0.5) is 13.2 Å². The van der Waals surface area contributed by atoms with E-state index in [0.717, 1.165) is 12.0 Å². The molecule has 1 aliphatic heterocycles. The van der Waals surface area contributed by atoms with Crippen molar-refractivity contribution in [1.29, 1.82) is 0 Å². The molecule has 2 rings (SSSR count). The predicted molar refractivity (Wildman–Crippen MR) is 72.1 cm³/mol. The number of amides is 1. The summed E-state index contributed by atoms with van der Waals surface area (Å²) in [5.41, 5.74) is 0.424. The van der Waals surface area contributed by atoms with Gasteiger partial charge in [-0.1, -0.05) is 25.1 Å². The summed E-state index contributed by atoms with van der Waals surface area (Å²) in [6.45, 7) is 1.90. The third-order valence-electron chi connectivity index (χ3n) is 3.69. The quantitative estimate of drug-likeness (QED) is 0.803. The zero-order valence-electron chi connectivity index (χ0n) is 12.2. The Labute approximate surface area is 125 Å². The molecule has 0 N–H and O–H groups in total. The maximum Gasteiger partial charge on any atom is 0.404 e. The molecule has 0 fully saturated rings. The van der Waals surface area contributed by atoms with E-state index in [1.165, 1.54) is 12.1 Å². The van der Waals surface area contributed by atoms with E-state index < -0.39 is 30.0 Å². The summed E-state index contributed by atoms with van der Waals surface area (Å²) in [4.78, 5) is 25.2. The van der Waals surface area contributed by atoms with Crippen LogP contribution in [0, 0.1) is 5.92 Å². The lowest BCUT2D eigenvalue weighted by molar-refractivity contribution is -0.206. The highest BCUT2D eigenvalue weighted by Gasteiger charge is 2.56. The van der Waals surface area contributed by atoms with Crippen molar-refractivity contribution >= 4 is 11.9 Å². The van der Waals surface area contributed by atoms with E-state index in [4.69, 9.17) is 0 Å². The van der Waals surface area contributed by atoms with Gasteiger partial charge in [0.1, 0.15) is 0 Å². The fourth-order valence-corrected chi connectivity index (χ4v) is 2.81. The van der Waals surface area contributed by atoms with Crippen LogP contribution in [0.15, 0.2) is 24.3 Å². The van der Waals surface area contributed by atoms with Gasteiger partial charge in [-0.2, -0.15) is 13.2 Å². The maximum absolute atomic E-state index is 13.4. The summed E-state index contributed by atoms with van der Waals surface area (Å²) < 4.78 is 44.5. The molecule has 0 radical (unpaired) electrons. The minimum atomic E-state index is -4.80. The van der Waals surface area contributed by atoms with Crippen molar-refractivity contribution in [2.24, 2.45) is 5.92 Å². The van der Waals surface area contributed by atoms with Crippen LogP contribution in [-0.4, -0.2) is 36.6 Å². The maximum atomic E-state index is 13.4. The molecule has 22 heavy (non-hydrogen) atoms. The molecule has 4 nitrogen and oxygen atoms in total. The molecule has 1 aliphatic rings. The molecular weight excluding hydrogens is 299 g/mol. The Balaban J connectivity index is 2.57. The van der Waals surface area contributed by atoms with E-state index in [1.54, 1.807) is 19.1 Å². The lowest BCUT2D eigenvalue weighted by Gasteiger charge is -2.31. The zero-order chi connectivity index (χ0) is 16.5. The Bertz CT molecular complexity index is 586. The van der Waals surface area contributed by atoms with Gasteiger partial charge in [-0.15, -0.1) is 0 Å². The van der Waals surface area contributed by atoms with Crippen LogP contribution in [0.1, 0.15) is 35.3 Å². The number of hydrogen-bond donors (Lipinski definition) is 0. The number of carbonyl (C=O) groups excluding carboxylic acids is 2. The normalized spacial score (nSPS) is 19.0. The zero-order valence-corrected chi connectivity index (χ0v) is 12.2. The third-order valence-corrected chi connectivity index (χ3v) is 3.69. The Morgan fingerprint density at radius 2 is 2.00 bits per heavy atom. The lowest BCUT2D eigenvalue weighted by Crippen LogP contribution is -2.43. The fourth-order valence-electron chi connectivity index (χ4n) is 2.81. The first kappa shape index (κ1) is 16.3. The van der Waals surface area contributed by atoms with Crippen molar-refractivity contribution in [3.63, 3.8) is 0 Å². The number of esters is 1. The number of carbonyl (C=O) groups is 2. The topological polar surface area (TPSA) is 46.6 Å². The number of ether oxygens (including phenoxy) is 1. The molecule has 0 saturated carbocycles. The average Bonchev–Trinajstić information content (AvgIpc) is 2.73. The van der Waals surface area contributed by atoms with E-state index in [9.17, 15) is 22.8 Å². The van der Waals surface area contributed by atoms with Gasteiger partial charge in [-0.05, 0) is 18.1 Å². The Morgan fingerprint density at radius 3 is 2.55 bits per heavy atom. The van der Waals surface area contributed by atoms with Crippen molar-refractivity contribution in [1.82, 2.24) is 4.90 Å². The second-order valence-electron chi connectivity index (χ2n) is 5.07. The molecule has 1 aromatic rings. The molecule has 1 aromatic carbocycles. The van der Waals surface area contributed by atoms with E-state index in [1.807, 2.05) is 0 Å². The van der Waals surface area contributed by atoms with Gasteiger partial charge in [0.2, 0.25) is 0 Å². The van der Waals surface area contributed by atoms with Crippen LogP contribution in [0.3, 0.4) is 0 Å². The van der Waals surface area contributed by atoms with Crippen molar-refractivity contribution < 1.29 is 27.5 Å². The molecule has 1 amide bonds. The second kappa shape index (κ2) is 5.98. The first-order valence-corrected chi connectivity index (χ1v) is 6.87. The summed E-state index contributed by atoms with van der Waals surface area (Å²) in [5.74, 6) is -4.26. The molecule has 0 aromatic heterocycles. The Morgan fingerprint density at radius 1 is 1.36 bits per heavy atom. The minimum Gasteiger partial charge on any atom is -0.468 e. The monoisotopic (exact) mass is 315 g/mol. The van der Waals surface area contributed by atoms with Crippen molar-refractivity contribution in [3.8, 4) is 0 Å². The fraction of sp³-hybridized carbons (Fsp3) is 0.467. The van der Waals surface area contributed by atoms with Crippen LogP contribution in [0.25, 0.3) is 0 Å². The Kier molecular flexibility index (Phi) is 4.44. The van der Waals surface area contributed by atoms with Gasteiger partial charge < -0.3 is 9.64 Å². The Hall–Kier alpha value is -2.05. The average molecular weight is 315 g/mol. The number of halogens is 3. The van der Waals surface area contributed by atoms with Crippen molar-refractivity contribution in [3.05, 3.63) is 35.4 Å². The molecule has 2 atom stereocenters. The van der Waals surface area contributed by atoms with Crippen LogP contribution in [0.5, 0.6) is 0 Å². The second-order valence-corrected chi connectivity index (χ2v) is 5.07. The summed E-state index contributed by atoms with van der Waals surface area (Å²) in [5, 5.41) is 0. The van der Waals surface area contributed by atoms with Gasteiger partial charge in [-0.25, -0.2) is 0 Å². The number of nitrogens with zero attached hydrogens (tertiary/aromatic N) is 1. The molecule has 0 aliphatic carbocycles. The van der Waals surface area contributed by atoms with E-state index in [-0.39, 0.29) is 17.7 Å². The van der Waals surface area contributed by atoms with E-state index >= 15 is 0 Å². The van der Waals surface area contributed by atoms with Crippen LogP contribution in [-0.2, 0) is 9.53 Å². The van der Waals surface area contributed by atoms with Gasteiger partial charge >= 0.3 is 12.1 Å². The summed E-state index contributed by atoms with van der Waals surface area (Å²) in [7, 11) is 0.911. The van der Waals surface area contributed by atoms with Gasteiger partial charge in [0, 0.05) is 12.1 Å². The highest BCUT2D eigenvalue weighted by atomic mass is 19.4.